The van der Waals surface area contributed by atoms with Gasteiger partial charge in [0.05, 0.1) is 5.54 Å². The second-order valence-corrected chi connectivity index (χ2v) is 5.56. The van der Waals surface area contributed by atoms with Gasteiger partial charge in [0.25, 0.3) is 0 Å². The number of halogens is 1. The van der Waals surface area contributed by atoms with Crippen molar-refractivity contribution in [3.05, 3.63) is 65.5 Å². The van der Waals surface area contributed by atoms with Gasteiger partial charge in [0, 0.05) is 12.2 Å². The van der Waals surface area contributed by atoms with Crippen LogP contribution < -0.4 is 11.1 Å². The molecule has 2 nitrogen and oxygen atoms in total. The SMILES string of the molecule is NCC1(Nc2ccc(F)cc2)CCc2ccccc2C1. The van der Waals surface area contributed by atoms with Gasteiger partial charge in [-0.25, -0.2) is 4.39 Å². The second-order valence-electron chi connectivity index (χ2n) is 5.56. The van der Waals surface area contributed by atoms with Gasteiger partial charge in [0.15, 0.2) is 0 Å². The summed E-state index contributed by atoms with van der Waals surface area (Å²) in [5, 5.41) is 3.52. The first-order chi connectivity index (χ1) is 9.71. The van der Waals surface area contributed by atoms with Gasteiger partial charge in [-0.2, -0.15) is 0 Å². The van der Waals surface area contributed by atoms with Crippen LogP contribution in [0.1, 0.15) is 17.5 Å². The van der Waals surface area contributed by atoms with E-state index in [1.165, 1.54) is 23.3 Å². The Hall–Kier alpha value is -1.87. The molecule has 1 unspecified atom stereocenters. The highest BCUT2D eigenvalue weighted by molar-refractivity contribution is 5.47. The average molecular weight is 270 g/mol. The third-order valence-electron chi connectivity index (χ3n) is 4.16. The summed E-state index contributed by atoms with van der Waals surface area (Å²) in [4.78, 5) is 0. The van der Waals surface area contributed by atoms with Gasteiger partial charge in [0.1, 0.15) is 5.82 Å². The molecule has 1 aliphatic rings. The number of nitrogens with one attached hydrogen (secondary N) is 1. The van der Waals surface area contributed by atoms with E-state index in [1.54, 1.807) is 12.1 Å². The van der Waals surface area contributed by atoms with Crippen molar-refractivity contribution < 1.29 is 4.39 Å². The molecule has 0 aliphatic heterocycles. The van der Waals surface area contributed by atoms with Gasteiger partial charge in [-0.3, -0.25) is 0 Å². The van der Waals surface area contributed by atoms with Gasteiger partial charge in [-0.05, 0) is 54.7 Å². The highest BCUT2D eigenvalue weighted by atomic mass is 19.1. The molecule has 0 aromatic heterocycles. The molecular formula is C17H19FN2. The zero-order chi connectivity index (χ0) is 14.0. The van der Waals surface area contributed by atoms with Crippen molar-refractivity contribution in [1.29, 1.82) is 0 Å². The van der Waals surface area contributed by atoms with Gasteiger partial charge in [0.2, 0.25) is 0 Å². The summed E-state index contributed by atoms with van der Waals surface area (Å²) in [6, 6.07) is 15.0. The maximum absolute atomic E-state index is 13.0. The van der Waals surface area contributed by atoms with Crippen LogP contribution in [0.25, 0.3) is 0 Å². The molecular weight excluding hydrogens is 251 g/mol. The van der Waals surface area contributed by atoms with Crippen LogP contribution in [0.2, 0.25) is 0 Å². The Morgan fingerprint density at radius 1 is 1.05 bits per heavy atom. The Labute approximate surface area is 118 Å². The van der Waals surface area contributed by atoms with E-state index in [9.17, 15) is 4.39 Å². The van der Waals surface area contributed by atoms with Gasteiger partial charge in [-0.1, -0.05) is 24.3 Å². The smallest absolute Gasteiger partial charge is 0.123 e. The molecule has 0 radical (unpaired) electrons. The van der Waals surface area contributed by atoms with Crippen molar-refractivity contribution in [2.24, 2.45) is 5.73 Å². The highest BCUT2D eigenvalue weighted by Crippen LogP contribution is 2.31. The number of fused-ring (bicyclic) bond motifs is 1. The van der Waals surface area contributed by atoms with Crippen LogP contribution in [-0.4, -0.2) is 12.1 Å². The van der Waals surface area contributed by atoms with Crippen LogP contribution in [0, 0.1) is 5.82 Å². The Morgan fingerprint density at radius 3 is 2.45 bits per heavy atom. The molecule has 0 heterocycles. The third-order valence-corrected chi connectivity index (χ3v) is 4.16. The predicted molar refractivity (Wildman–Crippen MR) is 80.3 cm³/mol. The molecule has 0 spiro atoms. The van der Waals surface area contributed by atoms with Crippen molar-refractivity contribution in [2.45, 2.75) is 24.8 Å². The molecule has 2 aromatic rings. The fourth-order valence-electron chi connectivity index (χ4n) is 2.97. The molecule has 2 aromatic carbocycles. The number of hydrogen-bond acceptors (Lipinski definition) is 2. The lowest BCUT2D eigenvalue weighted by atomic mass is 9.78. The lowest BCUT2D eigenvalue weighted by molar-refractivity contribution is 0.417. The minimum absolute atomic E-state index is 0.133. The summed E-state index contributed by atoms with van der Waals surface area (Å²) in [6.45, 7) is 0.568. The fourth-order valence-corrected chi connectivity index (χ4v) is 2.97. The van der Waals surface area contributed by atoms with Crippen LogP contribution in [0.4, 0.5) is 10.1 Å². The summed E-state index contributed by atoms with van der Waals surface area (Å²) in [7, 11) is 0. The number of benzene rings is 2. The summed E-state index contributed by atoms with van der Waals surface area (Å²) in [5.41, 5.74) is 9.61. The third kappa shape index (κ3) is 2.54. The molecule has 0 saturated heterocycles. The number of hydrogen-bond donors (Lipinski definition) is 2. The molecule has 0 bridgehead atoms. The zero-order valence-corrected chi connectivity index (χ0v) is 11.4. The quantitative estimate of drug-likeness (QED) is 0.899. The monoisotopic (exact) mass is 270 g/mol. The molecule has 104 valence electrons. The fraction of sp³-hybridized carbons (Fsp3) is 0.294. The number of anilines is 1. The van der Waals surface area contributed by atoms with E-state index in [4.69, 9.17) is 5.73 Å². The first kappa shape index (κ1) is 13.1. The van der Waals surface area contributed by atoms with E-state index < -0.39 is 0 Å². The van der Waals surface area contributed by atoms with E-state index in [-0.39, 0.29) is 11.4 Å². The largest absolute Gasteiger partial charge is 0.378 e. The molecule has 0 amide bonds. The maximum atomic E-state index is 13.0. The second kappa shape index (κ2) is 5.25. The minimum atomic E-state index is -0.216. The Kier molecular flexibility index (Phi) is 3.45. The number of nitrogens with two attached hydrogens (primary N) is 1. The van der Waals surface area contributed by atoms with Crippen molar-refractivity contribution in [3.8, 4) is 0 Å². The first-order valence-electron chi connectivity index (χ1n) is 7.01. The highest BCUT2D eigenvalue weighted by Gasteiger charge is 2.32. The molecule has 20 heavy (non-hydrogen) atoms. The van der Waals surface area contributed by atoms with Crippen LogP contribution in [0.5, 0.6) is 0 Å². The molecule has 0 saturated carbocycles. The Bertz CT molecular complexity index is 594. The van der Waals surface area contributed by atoms with E-state index in [0.717, 1.165) is 24.9 Å². The Morgan fingerprint density at radius 2 is 1.75 bits per heavy atom. The number of aryl methyl sites for hydroxylation is 1. The van der Waals surface area contributed by atoms with Crippen molar-refractivity contribution in [2.75, 3.05) is 11.9 Å². The lowest BCUT2D eigenvalue weighted by Crippen LogP contribution is -2.49. The van der Waals surface area contributed by atoms with Gasteiger partial charge < -0.3 is 11.1 Å². The molecule has 3 heteroatoms. The minimum Gasteiger partial charge on any atom is -0.378 e. The molecule has 1 aliphatic carbocycles. The topological polar surface area (TPSA) is 38.0 Å². The molecule has 1 atom stereocenters. The average Bonchev–Trinajstić information content (AvgIpc) is 2.49. The zero-order valence-electron chi connectivity index (χ0n) is 11.4. The lowest BCUT2D eigenvalue weighted by Gasteiger charge is -2.39. The summed E-state index contributed by atoms with van der Waals surface area (Å²) in [6.07, 6.45) is 2.94. The Balaban J connectivity index is 1.84. The van der Waals surface area contributed by atoms with Crippen LogP contribution >= 0.6 is 0 Å². The summed E-state index contributed by atoms with van der Waals surface area (Å²) in [5.74, 6) is -0.216. The van der Waals surface area contributed by atoms with Gasteiger partial charge >= 0.3 is 0 Å². The van der Waals surface area contributed by atoms with Crippen LogP contribution in [-0.2, 0) is 12.8 Å². The van der Waals surface area contributed by atoms with E-state index >= 15 is 0 Å². The van der Waals surface area contributed by atoms with Crippen molar-refractivity contribution in [1.82, 2.24) is 0 Å². The standard InChI is InChI=1S/C17H19FN2/c18-15-5-7-16(8-6-15)20-17(12-19)10-9-13-3-1-2-4-14(13)11-17/h1-8,20H,9-12,19H2. The van der Waals surface area contributed by atoms with Crippen molar-refractivity contribution in [3.63, 3.8) is 0 Å². The number of rotatable bonds is 3. The van der Waals surface area contributed by atoms with E-state index in [2.05, 4.69) is 29.6 Å². The first-order valence-corrected chi connectivity index (χ1v) is 7.01. The van der Waals surface area contributed by atoms with Crippen molar-refractivity contribution >= 4 is 5.69 Å². The van der Waals surface area contributed by atoms with Crippen LogP contribution in [0.3, 0.4) is 0 Å². The van der Waals surface area contributed by atoms with E-state index in [0.29, 0.717) is 6.54 Å². The maximum Gasteiger partial charge on any atom is 0.123 e. The summed E-state index contributed by atoms with van der Waals surface area (Å²) < 4.78 is 13.0. The van der Waals surface area contributed by atoms with Gasteiger partial charge in [-0.15, -0.1) is 0 Å². The summed E-state index contributed by atoms with van der Waals surface area (Å²) >= 11 is 0. The molecule has 0 fully saturated rings. The van der Waals surface area contributed by atoms with E-state index in [1.807, 2.05) is 0 Å². The molecule has 3 rings (SSSR count). The molecule has 3 N–H and O–H groups in total. The normalized spacial score (nSPS) is 21.3. The van der Waals surface area contributed by atoms with Crippen LogP contribution in [0.15, 0.2) is 48.5 Å². The predicted octanol–water partition coefficient (Wildman–Crippen LogP) is 3.12.